The number of nitrogens with one attached hydrogen (secondary N) is 1. The first-order valence-electron chi connectivity index (χ1n) is 8.21. The van der Waals surface area contributed by atoms with Crippen molar-refractivity contribution in [1.82, 2.24) is 4.57 Å². The second kappa shape index (κ2) is 6.97. The summed E-state index contributed by atoms with van der Waals surface area (Å²) in [5, 5.41) is 15.0. The summed E-state index contributed by atoms with van der Waals surface area (Å²) in [6, 6.07) is 16.1. The molecule has 3 rings (SSSR count). The van der Waals surface area contributed by atoms with Crippen LogP contribution in [-0.4, -0.2) is 29.4 Å². The summed E-state index contributed by atoms with van der Waals surface area (Å²) in [6.07, 6.45) is -0.496. The average molecular weight is 324 g/mol. The summed E-state index contributed by atoms with van der Waals surface area (Å²) in [7, 11) is 1.65. The Morgan fingerprint density at radius 3 is 2.58 bits per heavy atom. The van der Waals surface area contributed by atoms with Gasteiger partial charge in [0.05, 0.1) is 25.4 Å². The topological polar surface area (TPSA) is 46.4 Å². The summed E-state index contributed by atoms with van der Waals surface area (Å²) in [5.74, 6) is 0.781. The fraction of sp³-hybridized carbons (Fsp3) is 0.300. The minimum atomic E-state index is -0.496. The number of aliphatic hydroxyl groups excluding tert-OH is 1. The van der Waals surface area contributed by atoms with Gasteiger partial charge in [-0.2, -0.15) is 0 Å². The summed E-state index contributed by atoms with van der Waals surface area (Å²) in [6.45, 7) is 5.26. The number of anilines is 1. The Labute approximate surface area is 142 Å². The zero-order valence-corrected chi connectivity index (χ0v) is 14.4. The van der Waals surface area contributed by atoms with Crippen LogP contribution in [0, 0.1) is 13.8 Å². The minimum Gasteiger partial charge on any atom is -0.495 e. The van der Waals surface area contributed by atoms with Crippen molar-refractivity contribution in [3.05, 3.63) is 59.8 Å². The van der Waals surface area contributed by atoms with E-state index in [1.807, 2.05) is 30.3 Å². The van der Waals surface area contributed by atoms with Gasteiger partial charge in [0.15, 0.2) is 0 Å². The van der Waals surface area contributed by atoms with Gasteiger partial charge in [-0.05, 0) is 37.6 Å². The summed E-state index contributed by atoms with van der Waals surface area (Å²) >= 11 is 0. The molecule has 0 saturated carbocycles. The number of aromatic nitrogens is 1. The van der Waals surface area contributed by atoms with Crippen LogP contribution in [-0.2, 0) is 6.54 Å². The average Bonchev–Trinajstić information content (AvgIpc) is 2.85. The van der Waals surface area contributed by atoms with E-state index in [9.17, 15) is 5.11 Å². The maximum Gasteiger partial charge on any atom is 0.141 e. The number of aliphatic hydroxyl groups is 1. The van der Waals surface area contributed by atoms with Crippen molar-refractivity contribution in [3.8, 4) is 5.75 Å². The number of rotatable bonds is 6. The molecule has 2 N–H and O–H groups in total. The number of methoxy groups -OCH3 is 1. The van der Waals surface area contributed by atoms with Crippen LogP contribution >= 0.6 is 0 Å². The van der Waals surface area contributed by atoms with Gasteiger partial charge < -0.3 is 19.7 Å². The minimum absolute atomic E-state index is 0.464. The molecule has 0 fully saturated rings. The van der Waals surface area contributed by atoms with Crippen molar-refractivity contribution in [2.24, 2.45) is 0 Å². The molecule has 0 aliphatic rings. The summed E-state index contributed by atoms with van der Waals surface area (Å²) in [5.41, 5.74) is 4.54. The number of fused-ring (bicyclic) bond motifs is 1. The van der Waals surface area contributed by atoms with E-state index in [-0.39, 0.29) is 0 Å². The van der Waals surface area contributed by atoms with Gasteiger partial charge in [0.1, 0.15) is 5.75 Å². The van der Waals surface area contributed by atoms with E-state index in [1.165, 1.54) is 22.2 Å². The van der Waals surface area contributed by atoms with Crippen LogP contribution in [0.2, 0.25) is 0 Å². The standard InChI is InChI=1S/C20H24N2O2/c1-14-15(2)22(19-10-6-4-8-17(14)19)13-16(23)12-21-18-9-5-7-11-20(18)24-3/h4-11,16,21,23H,12-13H2,1-3H3. The molecular formula is C20H24N2O2. The Morgan fingerprint density at radius 2 is 1.79 bits per heavy atom. The molecular weight excluding hydrogens is 300 g/mol. The third-order valence-electron chi connectivity index (χ3n) is 4.57. The highest BCUT2D eigenvalue weighted by Gasteiger charge is 2.14. The molecule has 2 aromatic carbocycles. The predicted octanol–water partition coefficient (Wildman–Crippen LogP) is 3.74. The van der Waals surface area contributed by atoms with Crippen molar-refractivity contribution in [2.75, 3.05) is 19.0 Å². The lowest BCUT2D eigenvalue weighted by atomic mass is 10.2. The molecule has 0 saturated heterocycles. The van der Waals surface area contributed by atoms with E-state index in [0.717, 1.165) is 11.4 Å². The predicted molar refractivity (Wildman–Crippen MR) is 98.9 cm³/mol. The van der Waals surface area contributed by atoms with E-state index in [4.69, 9.17) is 4.74 Å². The van der Waals surface area contributed by atoms with Crippen molar-refractivity contribution in [1.29, 1.82) is 0 Å². The Bertz CT molecular complexity index is 839. The van der Waals surface area contributed by atoms with E-state index >= 15 is 0 Å². The molecule has 0 spiro atoms. The molecule has 0 aliphatic carbocycles. The Hall–Kier alpha value is -2.46. The monoisotopic (exact) mass is 324 g/mol. The Balaban J connectivity index is 1.74. The second-order valence-corrected chi connectivity index (χ2v) is 6.07. The SMILES string of the molecule is COc1ccccc1NCC(O)Cn1c(C)c(C)c2ccccc21. The van der Waals surface area contributed by atoms with Crippen molar-refractivity contribution in [2.45, 2.75) is 26.5 Å². The fourth-order valence-corrected chi connectivity index (χ4v) is 3.13. The van der Waals surface area contributed by atoms with E-state index in [1.54, 1.807) is 7.11 Å². The molecule has 3 aromatic rings. The van der Waals surface area contributed by atoms with Gasteiger partial charge in [-0.25, -0.2) is 0 Å². The van der Waals surface area contributed by atoms with Gasteiger partial charge in [-0.1, -0.05) is 30.3 Å². The maximum absolute atomic E-state index is 10.5. The molecule has 1 aromatic heterocycles. The molecule has 1 heterocycles. The number of nitrogens with zero attached hydrogens (tertiary/aromatic N) is 1. The zero-order chi connectivity index (χ0) is 17.1. The molecule has 4 nitrogen and oxygen atoms in total. The van der Waals surface area contributed by atoms with Gasteiger partial charge in [0, 0.05) is 23.1 Å². The fourth-order valence-electron chi connectivity index (χ4n) is 3.13. The third kappa shape index (κ3) is 3.10. The van der Waals surface area contributed by atoms with Gasteiger partial charge in [0.25, 0.3) is 0 Å². The van der Waals surface area contributed by atoms with Gasteiger partial charge >= 0.3 is 0 Å². The molecule has 24 heavy (non-hydrogen) atoms. The van der Waals surface area contributed by atoms with Gasteiger partial charge in [0.2, 0.25) is 0 Å². The normalized spacial score (nSPS) is 12.3. The smallest absolute Gasteiger partial charge is 0.141 e. The highest BCUT2D eigenvalue weighted by atomic mass is 16.5. The largest absolute Gasteiger partial charge is 0.495 e. The van der Waals surface area contributed by atoms with Crippen LogP contribution in [0.25, 0.3) is 10.9 Å². The first-order valence-corrected chi connectivity index (χ1v) is 8.21. The number of ether oxygens (including phenoxy) is 1. The maximum atomic E-state index is 10.5. The molecule has 0 bridgehead atoms. The van der Waals surface area contributed by atoms with Crippen LogP contribution in [0.5, 0.6) is 5.75 Å². The molecule has 126 valence electrons. The molecule has 1 unspecified atom stereocenters. The first-order chi connectivity index (χ1) is 11.6. The molecule has 0 radical (unpaired) electrons. The molecule has 4 heteroatoms. The lowest BCUT2D eigenvalue weighted by Crippen LogP contribution is -2.25. The zero-order valence-electron chi connectivity index (χ0n) is 14.4. The molecule has 1 atom stereocenters. The Kier molecular flexibility index (Phi) is 4.76. The molecule has 0 amide bonds. The Morgan fingerprint density at radius 1 is 1.08 bits per heavy atom. The number of hydrogen-bond acceptors (Lipinski definition) is 3. The van der Waals surface area contributed by atoms with E-state index in [0.29, 0.717) is 13.1 Å². The van der Waals surface area contributed by atoms with Crippen LogP contribution in [0.3, 0.4) is 0 Å². The van der Waals surface area contributed by atoms with E-state index in [2.05, 4.69) is 41.9 Å². The van der Waals surface area contributed by atoms with Crippen LogP contribution < -0.4 is 10.1 Å². The van der Waals surface area contributed by atoms with Crippen LogP contribution in [0.15, 0.2) is 48.5 Å². The van der Waals surface area contributed by atoms with Crippen LogP contribution in [0.4, 0.5) is 5.69 Å². The lowest BCUT2D eigenvalue weighted by Gasteiger charge is -2.17. The van der Waals surface area contributed by atoms with Crippen LogP contribution in [0.1, 0.15) is 11.3 Å². The van der Waals surface area contributed by atoms with Crippen molar-refractivity contribution < 1.29 is 9.84 Å². The summed E-state index contributed by atoms with van der Waals surface area (Å²) in [4.78, 5) is 0. The van der Waals surface area contributed by atoms with Gasteiger partial charge in [-0.3, -0.25) is 0 Å². The van der Waals surface area contributed by atoms with Crippen molar-refractivity contribution >= 4 is 16.6 Å². The quantitative estimate of drug-likeness (QED) is 0.726. The van der Waals surface area contributed by atoms with E-state index < -0.39 is 6.10 Å². The highest BCUT2D eigenvalue weighted by Crippen LogP contribution is 2.26. The second-order valence-electron chi connectivity index (χ2n) is 6.07. The third-order valence-corrected chi connectivity index (χ3v) is 4.57. The number of hydrogen-bond donors (Lipinski definition) is 2. The number of benzene rings is 2. The number of para-hydroxylation sites is 3. The first kappa shape index (κ1) is 16.4. The lowest BCUT2D eigenvalue weighted by molar-refractivity contribution is 0.167. The summed E-state index contributed by atoms with van der Waals surface area (Å²) < 4.78 is 7.52. The highest BCUT2D eigenvalue weighted by molar-refractivity contribution is 5.85. The van der Waals surface area contributed by atoms with Gasteiger partial charge in [-0.15, -0.1) is 0 Å². The number of aryl methyl sites for hydroxylation is 1. The molecule has 0 aliphatic heterocycles. The van der Waals surface area contributed by atoms with Crippen molar-refractivity contribution in [3.63, 3.8) is 0 Å².